The number of furan rings is 1. The van der Waals surface area contributed by atoms with Crippen LogP contribution in [-0.4, -0.2) is 39.9 Å². The lowest BCUT2D eigenvalue weighted by molar-refractivity contribution is -0.131. The zero-order chi connectivity index (χ0) is 20.3. The van der Waals surface area contributed by atoms with Gasteiger partial charge >= 0.3 is 5.97 Å². The largest absolute Gasteiger partial charge is 0.477 e. The van der Waals surface area contributed by atoms with Gasteiger partial charge < -0.3 is 19.0 Å². The zero-order valence-electron chi connectivity index (χ0n) is 15.6. The Morgan fingerprint density at radius 1 is 1.25 bits per heavy atom. The Morgan fingerprint density at radius 2 is 1.96 bits per heavy atom. The van der Waals surface area contributed by atoms with Crippen LogP contribution in [0, 0.1) is 0 Å². The van der Waals surface area contributed by atoms with Crippen LogP contribution in [-0.2, 0) is 11.3 Å². The van der Waals surface area contributed by atoms with Gasteiger partial charge in [0.15, 0.2) is 16.9 Å². The van der Waals surface area contributed by atoms with Gasteiger partial charge in [-0.05, 0) is 49.0 Å². The van der Waals surface area contributed by atoms with Crippen LogP contribution in [0.15, 0.2) is 50.9 Å². The van der Waals surface area contributed by atoms with Crippen LogP contribution in [0.2, 0.25) is 5.02 Å². The molecule has 0 amide bonds. The summed E-state index contributed by atoms with van der Waals surface area (Å²) in [5.74, 6) is 0.683. The molecule has 0 saturated heterocycles. The van der Waals surface area contributed by atoms with Gasteiger partial charge in [0.25, 0.3) is 0 Å². The molecule has 0 spiro atoms. The van der Waals surface area contributed by atoms with E-state index in [9.17, 15) is 9.90 Å². The maximum atomic E-state index is 11.7. The smallest absolute Gasteiger partial charge is 0.342 e. The number of carboxylic acid groups (broad SMARTS) is 1. The van der Waals surface area contributed by atoms with Gasteiger partial charge in [0.1, 0.15) is 10.7 Å². The Kier molecular flexibility index (Phi) is 6.11. The van der Waals surface area contributed by atoms with Crippen molar-refractivity contribution in [1.82, 2.24) is 14.8 Å². The molecule has 28 heavy (non-hydrogen) atoms. The molecular weight excluding hydrogens is 400 g/mol. The summed E-state index contributed by atoms with van der Waals surface area (Å²) in [6, 6.07) is 10.8. The molecule has 0 fully saturated rings. The molecule has 1 aromatic carbocycles. The second-order valence-electron chi connectivity index (χ2n) is 6.04. The fourth-order valence-corrected chi connectivity index (χ4v) is 3.48. The van der Waals surface area contributed by atoms with Gasteiger partial charge in [0, 0.05) is 43.4 Å². The van der Waals surface area contributed by atoms with Gasteiger partial charge in [-0.1, -0.05) is 11.6 Å². The molecule has 0 unspecified atom stereocenters. The molecule has 2 aromatic heterocycles. The fourth-order valence-electron chi connectivity index (χ4n) is 2.48. The van der Waals surface area contributed by atoms with E-state index in [0.717, 1.165) is 17.3 Å². The third-order valence-corrected chi connectivity index (χ3v) is 5.12. The molecule has 7 nitrogen and oxygen atoms in total. The number of anilines is 1. The summed E-state index contributed by atoms with van der Waals surface area (Å²) in [5, 5.41) is 19.2. The van der Waals surface area contributed by atoms with E-state index in [0.29, 0.717) is 34.2 Å². The topological polar surface area (TPSA) is 84.4 Å². The first-order valence-electron chi connectivity index (χ1n) is 8.48. The molecule has 0 saturated carbocycles. The molecule has 2 heterocycles. The number of hydrogen-bond donors (Lipinski definition) is 1. The minimum atomic E-state index is -1.06. The highest BCUT2D eigenvalue weighted by atomic mass is 35.5. The van der Waals surface area contributed by atoms with Crippen LogP contribution < -0.4 is 4.90 Å². The van der Waals surface area contributed by atoms with Gasteiger partial charge in [-0.25, -0.2) is 4.79 Å². The van der Waals surface area contributed by atoms with Gasteiger partial charge in [-0.15, -0.1) is 10.2 Å². The minimum Gasteiger partial charge on any atom is -0.477 e. The molecule has 0 aliphatic heterocycles. The summed E-state index contributed by atoms with van der Waals surface area (Å²) in [7, 11) is 3.70. The number of halogens is 1. The van der Waals surface area contributed by atoms with E-state index in [1.54, 1.807) is 29.2 Å². The van der Waals surface area contributed by atoms with Crippen molar-refractivity contribution in [1.29, 1.82) is 0 Å². The van der Waals surface area contributed by atoms with Crippen LogP contribution in [0.3, 0.4) is 0 Å². The standard InChI is InChI=1S/C19H19ClN4O3S/c1-4-24-17(12-5-7-13(20)8-6-12)21-22-19(24)28-15(18(25)26)11-14-9-10-16(27-14)23(2)3/h5-11H,4H2,1-3H3,(H,25,26)/b15-11-. The van der Waals surface area contributed by atoms with E-state index in [1.807, 2.05) is 37.7 Å². The number of thioether (sulfide) groups is 1. The van der Waals surface area contributed by atoms with Crippen molar-refractivity contribution in [3.05, 3.63) is 52.1 Å². The number of hydrogen-bond acceptors (Lipinski definition) is 6. The van der Waals surface area contributed by atoms with Crippen molar-refractivity contribution in [2.75, 3.05) is 19.0 Å². The van der Waals surface area contributed by atoms with Crippen molar-refractivity contribution in [2.45, 2.75) is 18.6 Å². The van der Waals surface area contributed by atoms with Gasteiger partial charge in [0.2, 0.25) is 0 Å². The van der Waals surface area contributed by atoms with Gasteiger partial charge in [-0.3, -0.25) is 0 Å². The Balaban J connectivity index is 1.92. The second-order valence-corrected chi connectivity index (χ2v) is 7.49. The second kappa shape index (κ2) is 8.53. The van der Waals surface area contributed by atoms with Crippen LogP contribution in [0.5, 0.6) is 0 Å². The summed E-state index contributed by atoms with van der Waals surface area (Å²) < 4.78 is 7.48. The van der Waals surface area contributed by atoms with E-state index in [-0.39, 0.29) is 4.91 Å². The number of aromatic nitrogens is 3. The van der Waals surface area contributed by atoms with E-state index >= 15 is 0 Å². The normalized spacial score (nSPS) is 11.6. The van der Waals surface area contributed by atoms with Crippen LogP contribution in [0.4, 0.5) is 5.88 Å². The first kappa shape index (κ1) is 20.0. The number of carbonyl (C=O) groups is 1. The summed E-state index contributed by atoms with van der Waals surface area (Å²) in [5.41, 5.74) is 0.855. The van der Waals surface area contributed by atoms with E-state index in [4.69, 9.17) is 16.0 Å². The zero-order valence-corrected chi connectivity index (χ0v) is 17.2. The quantitative estimate of drug-likeness (QED) is 0.446. The Bertz CT molecular complexity index is 1010. The van der Waals surface area contributed by atoms with Gasteiger partial charge in [-0.2, -0.15) is 0 Å². The van der Waals surface area contributed by atoms with E-state index < -0.39 is 5.97 Å². The van der Waals surface area contributed by atoms with Gasteiger partial charge in [0.05, 0.1) is 0 Å². The first-order chi connectivity index (χ1) is 13.4. The molecule has 0 aliphatic carbocycles. The van der Waals surface area contributed by atoms with Crippen molar-refractivity contribution in [3.63, 3.8) is 0 Å². The number of carboxylic acids is 1. The lowest BCUT2D eigenvalue weighted by Crippen LogP contribution is -2.06. The Labute approximate surface area is 171 Å². The average Bonchev–Trinajstić information content (AvgIpc) is 3.28. The molecule has 3 rings (SSSR count). The summed E-state index contributed by atoms with van der Waals surface area (Å²) >= 11 is 6.98. The maximum Gasteiger partial charge on any atom is 0.342 e. The Hall–Kier alpha value is -2.71. The molecule has 0 atom stereocenters. The third-order valence-electron chi connectivity index (χ3n) is 3.87. The lowest BCUT2D eigenvalue weighted by atomic mass is 10.2. The predicted molar refractivity (Wildman–Crippen MR) is 111 cm³/mol. The number of benzene rings is 1. The third kappa shape index (κ3) is 4.40. The molecule has 0 bridgehead atoms. The molecule has 0 radical (unpaired) electrons. The fraction of sp³-hybridized carbons (Fsp3) is 0.211. The summed E-state index contributed by atoms with van der Waals surface area (Å²) in [4.78, 5) is 13.6. The number of aliphatic carboxylic acids is 1. The number of nitrogens with zero attached hydrogens (tertiary/aromatic N) is 4. The van der Waals surface area contributed by atoms with Crippen molar-refractivity contribution in [3.8, 4) is 11.4 Å². The lowest BCUT2D eigenvalue weighted by Gasteiger charge is -2.08. The molecular formula is C19H19ClN4O3S. The van der Waals surface area contributed by atoms with Crippen molar-refractivity contribution in [2.24, 2.45) is 0 Å². The van der Waals surface area contributed by atoms with Crippen LogP contribution >= 0.6 is 23.4 Å². The molecule has 0 aliphatic rings. The van der Waals surface area contributed by atoms with E-state index in [2.05, 4.69) is 10.2 Å². The predicted octanol–water partition coefficient (Wildman–Crippen LogP) is 4.50. The highest BCUT2D eigenvalue weighted by molar-refractivity contribution is 8.04. The molecule has 1 N–H and O–H groups in total. The van der Waals surface area contributed by atoms with Crippen molar-refractivity contribution >= 4 is 41.3 Å². The summed E-state index contributed by atoms with van der Waals surface area (Å²) in [6.07, 6.45) is 1.48. The maximum absolute atomic E-state index is 11.7. The molecule has 146 valence electrons. The first-order valence-corrected chi connectivity index (χ1v) is 9.67. The Morgan fingerprint density at radius 3 is 2.54 bits per heavy atom. The minimum absolute atomic E-state index is 0.0874. The SMILES string of the molecule is CCn1c(S/C(=C\c2ccc(N(C)C)o2)C(=O)O)nnc1-c1ccc(Cl)cc1. The molecule has 9 heteroatoms. The highest BCUT2D eigenvalue weighted by Crippen LogP contribution is 2.31. The van der Waals surface area contributed by atoms with Crippen LogP contribution in [0.1, 0.15) is 12.7 Å². The average molecular weight is 419 g/mol. The van der Waals surface area contributed by atoms with E-state index in [1.165, 1.54) is 6.08 Å². The number of rotatable bonds is 7. The van der Waals surface area contributed by atoms with Crippen molar-refractivity contribution < 1.29 is 14.3 Å². The highest BCUT2D eigenvalue weighted by Gasteiger charge is 2.19. The molecule has 3 aromatic rings. The van der Waals surface area contributed by atoms with Crippen LogP contribution in [0.25, 0.3) is 17.5 Å². The summed E-state index contributed by atoms with van der Waals surface area (Å²) in [6.45, 7) is 2.54. The monoisotopic (exact) mass is 418 g/mol.